The van der Waals surface area contributed by atoms with Crippen LogP contribution in [0.3, 0.4) is 0 Å². The van der Waals surface area contributed by atoms with Crippen LogP contribution in [0.2, 0.25) is 0 Å². The molecule has 3 rings (SSSR count). The van der Waals surface area contributed by atoms with E-state index in [-0.39, 0.29) is 18.0 Å². The zero-order valence-electron chi connectivity index (χ0n) is 17.9. The van der Waals surface area contributed by atoms with E-state index < -0.39 is 10.0 Å². The average molecular weight is 432 g/mol. The fraction of sp³-hybridized carbons (Fsp3) is 0.435. The Balaban J connectivity index is 1.58. The minimum absolute atomic E-state index is 0.276. The lowest BCUT2D eigenvalue weighted by Crippen LogP contribution is -2.40. The van der Waals surface area contributed by atoms with E-state index in [0.717, 1.165) is 22.4 Å². The largest absolute Gasteiger partial charge is 0.497 e. The first-order valence-electron chi connectivity index (χ1n) is 10.1. The van der Waals surface area contributed by atoms with Gasteiger partial charge in [-0.25, -0.2) is 8.42 Å². The molecular weight excluding hydrogens is 402 g/mol. The number of benzene rings is 2. The summed E-state index contributed by atoms with van der Waals surface area (Å²) in [5, 5.41) is 0. The molecule has 7 heteroatoms. The summed E-state index contributed by atoms with van der Waals surface area (Å²) >= 11 is 0. The molecule has 30 heavy (non-hydrogen) atoms. The maximum absolute atomic E-state index is 12.9. The molecule has 0 radical (unpaired) electrons. The number of sulfonamides is 1. The van der Waals surface area contributed by atoms with Crippen molar-refractivity contribution in [3.8, 4) is 5.75 Å². The molecule has 0 N–H and O–H groups in total. The lowest BCUT2D eigenvalue weighted by atomic mass is 9.98. The molecule has 2 aromatic rings. The first-order valence-corrected chi connectivity index (χ1v) is 11.6. The Morgan fingerprint density at radius 3 is 2.23 bits per heavy atom. The van der Waals surface area contributed by atoms with Crippen molar-refractivity contribution in [2.75, 3.05) is 20.2 Å². The van der Waals surface area contributed by atoms with Crippen molar-refractivity contribution in [1.29, 1.82) is 0 Å². The molecule has 0 amide bonds. The first-order chi connectivity index (χ1) is 14.2. The topological polar surface area (TPSA) is 72.9 Å². The molecule has 1 aliphatic rings. The van der Waals surface area contributed by atoms with Crippen molar-refractivity contribution in [3.63, 3.8) is 0 Å². The summed E-state index contributed by atoms with van der Waals surface area (Å²) in [6.07, 6.45) is 0.539. The molecule has 0 unspecified atom stereocenters. The summed E-state index contributed by atoms with van der Waals surface area (Å²) in [4.78, 5) is 12.9. The van der Waals surface area contributed by atoms with Crippen molar-refractivity contribution in [2.24, 2.45) is 5.92 Å². The van der Waals surface area contributed by atoms with Gasteiger partial charge < -0.3 is 9.47 Å². The molecule has 1 saturated heterocycles. The van der Waals surface area contributed by atoms with Crippen LogP contribution in [0.15, 0.2) is 47.4 Å². The van der Waals surface area contributed by atoms with Crippen molar-refractivity contribution in [2.45, 2.75) is 44.6 Å². The van der Waals surface area contributed by atoms with Crippen LogP contribution < -0.4 is 4.74 Å². The van der Waals surface area contributed by atoms with Crippen LogP contribution in [0, 0.1) is 19.8 Å². The van der Waals surface area contributed by atoms with Crippen LogP contribution in [-0.4, -0.2) is 38.9 Å². The van der Waals surface area contributed by atoms with E-state index in [2.05, 4.69) is 0 Å². The average Bonchev–Trinajstić information content (AvgIpc) is 2.75. The first kappa shape index (κ1) is 22.3. The number of piperidine rings is 1. The summed E-state index contributed by atoms with van der Waals surface area (Å²) in [7, 11) is -1.95. The molecule has 0 aromatic heterocycles. The number of methoxy groups -OCH3 is 1. The third kappa shape index (κ3) is 4.84. The van der Waals surface area contributed by atoms with Crippen LogP contribution in [0.5, 0.6) is 5.75 Å². The van der Waals surface area contributed by atoms with Gasteiger partial charge in [-0.3, -0.25) is 4.79 Å². The standard InChI is InChI=1S/C23H29NO5S/c1-16-5-10-22(15-17(16)2)30(26,27)24-13-11-20(12-14-24)23(25)29-18(3)19-6-8-21(28-4)9-7-19/h5-10,15,18,20H,11-14H2,1-4H3/t18-/m0/s1. The van der Waals surface area contributed by atoms with Gasteiger partial charge in [0.2, 0.25) is 10.0 Å². The molecule has 1 fully saturated rings. The van der Waals surface area contributed by atoms with Crippen LogP contribution in [0.1, 0.15) is 42.6 Å². The SMILES string of the molecule is COc1ccc([C@H](C)OC(=O)C2CCN(S(=O)(=O)c3ccc(C)c(C)c3)CC2)cc1. The van der Waals surface area contributed by atoms with Gasteiger partial charge in [-0.1, -0.05) is 18.2 Å². The number of carbonyl (C=O) groups excluding carboxylic acids is 1. The Kier molecular flexibility index (Phi) is 6.83. The van der Waals surface area contributed by atoms with Crippen LogP contribution >= 0.6 is 0 Å². The summed E-state index contributed by atoms with van der Waals surface area (Å²) in [6, 6.07) is 12.6. The normalized spacial score (nSPS) is 16.8. The Hall–Kier alpha value is -2.38. The number of carbonyl (C=O) groups is 1. The minimum Gasteiger partial charge on any atom is -0.497 e. The zero-order valence-corrected chi connectivity index (χ0v) is 18.7. The highest BCUT2D eigenvalue weighted by atomic mass is 32.2. The Bertz CT molecular complexity index is 993. The van der Waals surface area contributed by atoms with Gasteiger partial charge in [-0.2, -0.15) is 4.31 Å². The van der Waals surface area contributed by atoms with Gasteiger partial charge in [0.15, 0.2) is 0 Å². The highest BCUT2D eigenvalue weighted by molar-refractivity contribution is 7.89. The fourth-order valence-corrected chi connectivity index (χ4v) is 5.12. The summed E-state index contributed by atoms with van der Waals surface area (Å²) in [6.45, 7) is 6.31. The molecule has 6 nitrogen and oxygen atoms in total. The van der Waals surface area contributed by atoms with Gasteiger partial charge in [-0.05, 0) is 74.6 Å². The molecule has 1 atom stereocenters. The van der Waals surface area contributed by atoms with Crippen molar-refractivity contribution < 1.29 is 22.7 Å². The van der Waals surface area contributed by atoms with Gasteiger partial charge in [0.25, 0.3) is 0 Å². The Morgan fingerprint density at radius 1 is 1.03 bits per heavy atom. The second-order valence-corrected chi connectivity index (χ2v) is 9.71. The number of hydrogen-bond donors (Lipinski definition) is 0. The van der Waals surface area contributed by atoms with Gasteiger partial charge >= 0.3 is 5.97 Å². The Morgan fingerprint density at radius 2 is 1.67 bits per heavy atom. The number of nitrogens with zero attached hydrogens (tertiary/aromatic N) is 1. The molecule has 2 aromatic carbocycles. The summed E-state index contributed by atoms with van der Waals surface area (Å²) < 4.78 is 38.1. The number of hydrogen-bond acceptors (Lipinski definition) is 5. The van der Waals surface area contributed by atoms with E-state index in [4.69, 9.17) is 9.47 Å². The number of esters is 1. The maximum atomic E-state index is 12.9. The van der Waals surface area contributed by atoms with Crippen LogP contribution in [-0.2, 0) is 19.6 Å². The lowest BCUT2D eigenvalue weighted by molar-refractivity contribution is -0.155. The molecular formula is C23H29NO5S. The van der Waals surface area contributed by atoms with Gasteiger partial charge in [0, 0.05) is 13.1 Å². The number of rotatable bonds is 6. The third-order valence-electron chi connectivity index (χ3n) is 5.78. The fourth-order valence-electron chi connectivity index (χ4n) is 3.57. The highest BCUT2D eigenvalue weighted by Gasteiger charge is 2.33. The van der Waals surface area contributed by atoms with Gasteiger partial charge in [0.1, 0.15) is 11.9 Å². The highest BCUT2D eigenvalue weighted by Crippen LogP contribution is 2.28. The summed E-state index contributed by atoms with van der Waals surface area (Å²) in [5.41, 5.74) is 2.89. The van der Waals surface area contributed by atoms with Crippen molar-refractivity contribution in [1.82, 2.24) is 4.31 Å². The Labute approximate surface area is 178 Å². The van der Waals surface area contributed by atoms with E-state index in [1.54, 1.807) is 19.2 Å². The lowest BCUT2D eigenvalue weighted by Gasteiger charge is -2.30. The second-order valence-electron chi connectivity index (χ2n) is 7.78. The molecule has 162 valence electrons. The third-order valence-corrected chi connectivity index (χ3v) is 7.68. The number of ether oxygens (including phenoxy) is 2. The summed E-state index contributed by atoms with van der Waals surface area (Å²) in [5.74, 6) is 0.174. The molecule has 0 aliphatic carbocycles. The number of aryl methyl sites for hydroxylation is 2. The zero-order chi connectivity index (χ0) is 21.9. The van der Waals surface area contributed by atoms with Gasteiger partial charge in [-0.15, -0.1) is 0 Å². The van der Waals surface area contributed by atoms with Gasteiger partial charge in [0.05, 0.1) is 17.9 Å². The van der Waals surface area contributed by atoms with E-state index in [0.29, 0.717) is 30.8 Å². The van der Waals surface area contributed by atoms with Crippen LogP contribution in [0.4, 0.5) is 0 Å². The predicted molar refractivity (Wildman–Crippen MR) is 115 cm³/mol. The van der Waals surface area contributed by atoms with E-state index >= 15 is 0 Å². The second kappa shape index (κ2) is 9.18. The monoisotopic (exact) mass is 431 g/mol. The van der Waals surface area contributed by atoms with E-state index in [9.17, 15) is 13.2 Å². The van der Waals surface area contributed by atoms with E-state index in [1.807, 2.05) is 51.1 Å². The van der Waals surface area contributed by atoms with E-state index in [1.165, 1.54) is 4.31 Å². The minimum atomic E-state index is -3.55. The molecule has 1 aliphatic heterocycles. The van der Waals surface area contributed by atoms with Crippen LogP contribution in [0.25, 0.3) is 0 Å². The molecule has 0 bridgehead atoms. The maximum Gasteiger partial charge on any atom is 0.309 e. The predicted octanol–water partition coefficient (Wildman–Crippen LogP) is 4.02. The smallest absolute Gasteiger partial charge is 0.309 e. The molecule has 1 heterocycles. The van der Waals surface area contributed by atoms with Crippen molar-refractivity contribution in [3.05, 3.63) is 59.2 Å². The van der Waals surface area contributed by atoms with Crippen molar-refractivity contribution >= 4 is 16.0 Å². The quantitative estimate of drug-likeness (QED) is 0.646. The molecule has 0 saturated carbocycles. The molecule has 0 spiro atoms.